The molecule has 0 bridgehead atoms. The molecular weight excluding hydrogens is 302 g/mol. The van der Waals surface area contributed by atoms with Gasteiger partial charge in [-0.1, -0.05) is 12.1 Å². The maximum Gasteiger partial charge on any atom is 0.251 e. The van der Waals surface area contributed by atoms with Crippen LogP contribution in [0.4, 0.5) is 14.5 Å². The number of halogens is 2. The van der Waals surface area contributed by atoms with Crippen LogP contribution in [0.5, 0.6) is 0 Å². The summed E-state index contributed by atoms with van der Waals surface area (Å²) in [6, 6.07) is 10.5. The fourth-order valence-corrected chi connectivity index (χ4v) is 2.50. The largest absolute Gasteiger partial charge is 0.301 e. The summed E-state index contributed by atoms with van der Waals surface area (Å²) in [7, 11) is 0. The Hall–Kier alpha value is -2.60. The van der Waals surface area contributed by atoms with E-state index in [4.69, 9.17) is 0 Å². The van der Waals surface area contributed by atoms with Crippen LogP contribution in [0, 0.1) is 11.6 Å². The average molecular weight is 316 g/mol. The van der Waals surface area contributed by atoms with Crippen LogP contribution in [-0.2, 0) is 16.1 Å². The Labute approximate surface area is 131 Å². The Kier molecular flexibility index (Phi) is 4.16. The van der Waals surface area contributed by atoms with Gasteiger partial charge in [-0.25, -0.2) is 13.7 Å². The highest BCUT2D eigenvalue weighted by Crippen LogP contribution is 2.23. The third kappa shape index (κ3) is 3.27. The molecule has 0 radical (unpaired) electrons. The number of nitrogens with zero attached hydrogens (tertiary/aromatic N) is 1. The Bertz CT molecular complexity index is 729. The van der Waals surface area contributed by atoms with E-state index in [1.807, 2.05) is 0 Å². The lowest BCUT2D eigenvalue weighted by molar-refractivity contribution is -0.121. The van der Waals surface area contributed by atoms with Crippen LogP contribution in [0.2, 0.25) is 0 Å². The van der Waals surface area contributed by atoms with Crippen molar-refractivity contribution in [2.24, 2.45) is 0 Å². The molecule has 0 unspecified atom stereocenters. The van der Waals surface area contributed by atoms with Gasteiger partial charge in [0.25, 0.3) is 5.91 Å². The molecule has 1 aliphatic rings. The molecule has 3 rings (SSSR count). The summed E-state index contributed by atoms with van der Waals surface area (Å²) < 4.78 is 25.8. The number of hydrogen-bond acceptors (Lipinski definition) is 3. The maximum atomic E-state index is 13.0. The van der Waals surface area contributed by atoms with Crippen molar-refractivity contribution >= 4 is 17.5 Å². The molecule has 2 amide bonds. The number of rotatable bonds is 4. The van der Waals surface area contributed by atoms with Crippen molar-refractivity contribution in [3.05, 3.63) is 65.7 Å². The standard InChI is InChI=1S/C17H14F2N2O2/c18-12-3-1-11(2-4-12)10-20-15-9-16(22)21(17(15)23)14-7-5-13(19)6-8-14/h1-8,15,20H,9-10H2/t15-/m1/s1. The highest BCUT2D eigenvalue weighted by Gasteiger charge is 2.39. The zero-order valence-electron chi connectivity index (χ0n) is 12.1. The van der Waals surface area contributed by atoms with E-state index in [0.29, 0.717) is 12.2 Å². The van der Waals surface area contributed by atoms with Crippen molar-refractivity contribution in [2.45, 2.75) is 19.0 Å². The van der Waals surface area contributed by atoms with Crippen molar-refractivity contribution < 1.29 is 18.4 Å². The fourth-order valence-electron chi connectivity index (χ4n) is 2.50. The van der Waals surface area contributed by atoms with Gasteiger partial charge in [-0.3, -0.25) is 9.59 Å². The molecule has 1 N–H and O–H groups in total. The van der Waals surface area contributed by atoms with Crippen molar-refractivity contribution in [3.8, 4) is 0 Å². The Morgan fingerprint density at radius 2 is 1.52 bits per heavy atom. The van der Waals surface area contributed by atoms with Crippen LogP contribution in [0.25, 0.3) is 0 Å². The molecule has 1 aliphatic heterocycles. The maximum absolute atomic E-state index is 13.0. The van der Waals surface area contributed by atoms with Crippen LogP contribution in [0.1, 0.15) is 12.0 Å². The molecule has 4 nitrogen and oxygen atoms in total. The van der Waals surface area contributed by atoms with Crippen molar-refractivity contribution in [1.29, 1.82) is 0 Å². The second kappa shape index (κ2) is 6.26. The molecule has 1 atom stereocenters. The molecule has 2 aromatic rings. The van der Waals surface area contributed by atoms with Crippen LogP contribution < -0.4 is 10.2 Å². The lowest BCUT2D eigenvalue weighted by Crippen LogP contribution is -2.38. The monoisotopic (exact) mass is 316 g/mol. The molecule has 0 aromatic heterocycles. The molecule has 6 heteroatoms. The zero-order chi connectivity index (χ0) is 16.4. The summed E-state index contributed by atoms with van der Waals surface area (Å²) in [6.45, 7) is 0.348. The quantitative estimate of drug-likeness (QED) is 0.881. The molecule has 1 heterocycles. The summed E-state index contributed by atoms with van der Waals surface area (Å²) >= 11 is 0. The lowest BCUT2D eigenvalue weighted by atomic mass is 10.2. The molecule has 0 saturated carbocycles. The van der Waals surface area contributed by atoms with Gasteiger partial charge >= 0.3 is 0 Å². The molecule has 118 valence electrons. The first-order chi connectivity index (χ1) is 11.0. The number of anilines is 1. The Morgan fingerprint density at radius 1 is 0.957 bits per heavy atom. The van der Waals surface area contributed by atoms with Crippen LogP contribution in [-0.4, -0.2) is 17.9 Å². The lowest BCUT2D eigenvalue weighted by Gasteiger charge is -2.15. The summed E-state index contributed by atoms with van der Waals surface area (Å²) in [5.41, 5.74) is 1.17. The van der Waals surface area contributed by atoms with Gasteiger partial charge in [0.2, 0.25) is 5.91 Å². The van der Waals surface area contributed by atoms with E-state index in [1.165, 1.54) is 36.4 Å². The number of benzene rings is 2. The minimum Gasteiger partial charge on any atom is -0.301 e. The molecule has 0 aliphatic carbocycles. The highest BCUT2D eigenvalue weighted by atomic mass is 19.1. The van der Waals surface area contributed by atoms with Gasteiger partial charge in [0.1, 0.15) is 11.6 Å². The highest BCUT2D eigenvalue weighted by molar-refractivity contribution is 6.22. The van der Waals surface area contributed by atoms with E-state index in [1.54, 1.807) is 12.1 Å². The van der Waals surface area contributed by atoms with E-state index in [-0.39, 0.29) is 24.1 Å². The van der Waals surface area contributed by atoms with Gasteiger partial charge in [-0.15, -0.1) is 0 Å². The topological polar surface area (TPSA) is 49.4 Å². The SMILES string of the molecule is O=C1C[C@@H](NCc2ccc(F)cc2)C(=O)N1c1ccc(F)cc1. The molecule has 1 saturated heterocycles. The number of carbonyl (C=O) groups is 2. The minimum atomic E-state index is -0.641. The number of carbonyl (C=O) groups excluding carboxylic acids is 2. The smallest absolute Gasteiger partial charge is 0.251 e. The van der Waals surface area contributed by atoms with Gasteiger partial charge < -0.3 is 5.32 Å². The van der Waals surface area contributed by atoms with E-state index in [0.717, 1.165) is 10.5 Å². The number of amides is 2. The van der Waals surface area contributed by atoms with Gasteiger partial charge in [0, 0.05) is 6.54 Å². The zero-order valence-corrected chi connectivity index (χ0v) is 12.1. The predicted octanol–water partition coefficient (Wildman–Crippen LogP) is 2.39. The Balaban J connectivity index is 1.68. The third-order valence-electron chi connectivity index (χ3n) is 3.70. The predicted molar refractivity (Wildman–Crippen MR) is 80.5 cm³/mol. The van der Waals surface area contributed by atoms with Crippen LogP contribution in [0.3, 0.4) is 0 Å². The fraction of sp³-hybridized carbons (Fsp3) is 0.176. The van der Waals surface area contributed by atoms with Crippen molar-refractivity contribution in [1.82, 2.24) is 5.32 Å². The summed E-state index contributed by atoms with van der Waals surface area (Å²) in [5, 5.41) is 3.00. The first-order valence-electron chi connectivity index (χ1n) is 7.15. The second-order valence-electron chi connectivity index (χ2n) is 5.31. The van der Waals surface area contributed by atoms with Crippen LogP contribution >= 0.6 is 0 Å². The summed E-state index contributed by atoms with van der Waals surface area (Å²) in [4.78, 5) is 25.5. The molecule has 0 spiro atoms. The van der Waals surface area contributed by atoms with Gasteiger partial charge in [0.05, 0.1) is 18.2 Å². The number of nitrogens with one attached hydrogen (secondary N) is 1. The van der Waals surface area contributed by atoms with E-state index >= 15 is 0 Å². The molecule has 23 heavy (non-hydrogen) atoms. The van der Waals surface area contributed by atoms with Crippen LogP contribution in [0.15, 0.2) is 48.5 Å². The van der Waals surface area contributed by atoms with Crippen molar-refractivity contribution in [3.63, 3.8) is 0 Å². The molecular formula is C17H14F2N2O2. The average Bonchev–Trinajstić information content (AvgIpc) is 2.82. The van der Waals surface area contributed by atoms with E-state index < -0.39 is 11.9 Å². The van der Waals surface area contributed by atoms with E-state index in [2.05, 4.69) is 5.32 Å². The van der Waals surface area contributed by atoms with E-state index in [9.17, 15) is 18.4 Å². The van der Waals surface area contributed by atoms with Crippen molar-refractivity contribution in [2.75, 3.05) is 4.90 Å². The first kappa shape index (κ1) is 15.3. The number of imide groups is 1. The molecule has 1 fully saturated rings. The van der Waals surface area contributed by atoms with Gasteiger partial charge in [-0.05, 0) is 42.0 Å². The summed E-state index contributed by atoms with van der Waals surface area (Å²) in [5.74, 6) is -1.47. The summed E-state index contributed by atoms with van der Waals surface area (Å²) in [6.07, 6.45) is 0.0391. The molecule has 2 aromatic carbocycles. The third-order valence-corrected chi connectivity index (χ3v) is 3.70. The minimum absolute atomic E-state index is 0.0391. The van der Waals surface area contributed by atoms with Gasteiger partial charge in [-0.2, -0.15) is 0 Å². The van der Waals surface area contributed by atoms with Gasteiger partial charge in [0.15, 0.2) is 0 Å². The first-order valence-corrected chi connectivity index (χ1v) is 7.15. The second-order valence-corrected chi connectivity index (χ2v) is 5.31. The Morgan fingerprint density at radius 3 is 2.13 bits per heavy atom. The normalized spacial score (nSPS) is 17.8. The number of hydrogen-bond donors (Lipinski definition) is 1.